The van der Waals surface area contributed by atoms with E-state index in [1.54, 1.807) is 0 Å². The smallest absolute Gasteiger partial charge is 0.0157 e. The van der Waals surface area contributed by atoms with Gasteiger partial charge < -0.3 is 0 Å². The van der Waals surface area contributed by atoms with Gasteiger partial charge in [-0.15, -0.1) is 0 Å². The Balaban J connectivity index is 1.68. The Bertz CT molecular complexity index is 788. The molecule has 0 aliphatic heterocycles. The molecule has 3 aromatic carbocycles. The third kappa shape index (κ3) is 3.51. The molecule has 23 heavy (non-hydrogen) atoms. The van der Waals surface area contributed by atoms with Gasteiger partial charge in [-0.1, -0.05) is 66.4 Å². The van der Waals surface area contributed by atoms with Crippen LogP contribution in [0.3, 0.4) is 0 Å². The first kappa shape index (κ1) is 14.6. The Labute approximate surface area is 142 Å². The van der Waals surface area contributed by atoms with Gasteiger partial charge >= 0.3 is 0 Å². The molecule has 1 heteroatoms. The molecule has 0 aromatic heterocycles. The van der Waals surface area contributed by atoms with E-state index in [2.05, 4.69) is 72.8 Å². The summed E-state index contributed by atoms with van der Waals surface area (Å²) < 4.78 is 0. The van der Waals surface area contributed by atoms with Gasteiger partial charge in [-0.3, -0.25) is 0 Å². The van der Waals surface area contributed by atoms with Gasteiger partial charge in [0.05, 0.1) is 0 Å². The van der Waals surface area contributed by atoms with E-state index >= 15 is 0 Å². The molecule has 3 aromatic rings. The molecular formula is C22H20S. The van der Waals surface area contributed by atoms with Crippen molar-refractivity contribution in [3.05, 3.63) is 95.1 Å². The van der Waals surface area contributed by atoms with Crippen LogP contribution in [0.5, 0.6) is 0 Å². The summed E-state index contributed by atoms with van der Waals surface area (Å²) in [6.07, 6.45) is 4.45. The Morgan fingerprint density at radius 2 is 1.17 bits per heavy atom. The first-order chi connectivity index (χ1) is 11.4. The van der Waals surface area contributed by atoms with Crippen molar-refractivity contribution in [1.82, 2.24) is 0 Å². The zero-order chi connectivity index (χ0) is 15.5. The van der Waals surface area contributed by atoms with Crippen molar-refractivity contribution in [3.8, 4) is 0 Å². The molecule has 0 amide bonds. The minimum absolute atomic E-state index is 1.11. The van der Waals surface area contributed by atoms with Crippen LogP contribution >= 0.6 is 11.8 Å². The Hall–Kier alpha value is -1.99. The fourth-order valence-electron chi connectivity index (χ4n) is 3.11. The van der Waals surface area contributed by atoms with Crippen molar-refractivity contribution in [2.75, 3.05) is 0 Å². The lowest BCUT2D eigenvalue weighted by Crippen LogP contribution is -1.99. The van der Waals surface area contributed by atoms with Crippen molar-refractivity contribution >= 4 is 11.8 Å². The van der Waals surface area contributed by atoms with Gasteiger partial charge in [0.2, 0.25) is 0 Å². The fraction of sp³-hybridized carbons (Fsp3) is 0.182. The number of hydrogen-bond donors (Lipinski definition) is 0. The van der Waals surface area contributed by atoms with E-state index in [0.29, 0.717) is 0 Å². The first-order valence-electron chi connectivity index (χ1n) is 8.29. The monoisotopic (exact) mass is 316 g/mol. The molecule has 0 saturated carbocycles. The summed E-state index contributed by atoms with van der Waals surface area (Å²) in [6.45, 7) is 0. The van der Waals surface area contributed by atoms with Crippen molar-refractivity contribution < 1.29 is 0 Å². The normalized spacial score (nSPS) is 13.6. The van der Waals surface area contributed by atoms with Crippen LogP contribution in [0.4, 0.5) is 0 Å². The van der Waals surface area contributed by atoms with Crippen LogP contribution in [0.1, 0.15) is 22.3 Å². The molecule has 0 fully saturated rings. The number of aryl methyl sites for hydroxylation is 4. The maximum atomic E-state index is 2.40. The van der Waals surface area contributed by atoms with E-state index in [4.69, 9.17) is 0 Å². The van der Waals surface area contributed by atoms with Gasteiger partial charge in [-0.25, -0.2) is 0 Å². The zero-order valence-corrected chi connectivity index (χ0v) is 14.0. The van der Waals surface area contributed by atoms with Crippen LogP contribution in [-0.2, 0) is 25.7 Å². The third-order valence-corrected chi connectivity index (χ3v) is 5.62. The summed E-state index contributed by atoms with van der Waals surface area (Å²) in [5, 5.41) is 0. The maximum absolute atomic E-state index is 2.40. The molecule has 0 nitrogen and oxygen atoms in total. The third-order valence-electron chi connectivity index (χ3n) is 4.51. The second kappa shape index (κ2) is 6.64. The van der Waals surface area contributed by atoms with Crippen LogP contribution < -0.4 is 0 Å². The lowest BCUT2D eigenvalue weighted by molar-refractivity contribution is 0.900. The Morgan fingerprint density at radius 1 is 0.565 bits per heavy atom. The van der Waals surface area contributed by atoms with E-state index < -0.39 is 0 Å². The molecule has 0 N–H and O–H groups in total. The second-order valence-electron chi connectivity index (χ2n) is 6.17. The SMILES string of the molecule is c1ccc(Sc2cc3ccc2CCc2ccc(cc2)CC3)cc1. The van der Waals surface area contributed by atoms with Crippen LogP contribution in [0, 0.1) is 0 Å². The molecule has 4 aliphatic rings. The molecule has 114 valence electrons. The summed E-state index contributed by atoms with van der Waals surface area (Å²) in [7, 11) is 0. The maximum Gasteiger partial charge on any atom is 0.0157 e. The summed E-state index contributed by atoms with van der Waals surface area (Å²) in [5.41, 5.74) is 5.79. The predicted octanol–water partition coefficient (Wildman–Crippen LogP) is 5.72. The van der Waals surface area contributed by atoms with Gasteiger partial charge in [-0.2, -0.15) is 0 Å². The van der Waals surface area contributed by atoms with Crippen LogP contribution in [0.25, 0.3) is 0 Å². The van der Waals surface area contributed by atoms with E-state index in [-0.39, 0.29) is 0 Å². The number of hydrogen-bond acceptors (Lipinski definition) is 1. The quantitative estimate of drug-likeness (QED) is 0.582. The van der Waals surface area contributed by atoms with Gasteiger partial charge in [-0.05, 0) is 66.1 Å². The molecule has 7 rings (SSSR count). The number of benzene rings is 3. The van der Waals surface area contributed by atoms with Gasteiger partial charge in [0.25, 0.3) is 0 Å². The summed E-state index contributed by atoms with van der Waals surface area (Å²) >= 11 is 1.90. The molecule has 0 spiro atoms. The summed E-state index contributed by atoms with van der Waals surface area (Å²) in [5.74, 6) is 0. The lowest BCUT2D eigenvalue weighted by atomic mass is 9.97. The highest BCUT2D eigenvalue weighted by Crippen LogP contribution is 2.32. The van der Waals surface area contributed by atoms with E-state index in [0.717, 1.165) is 25.7 Å². The van der Waals surface area contributed by atoms with Crippen molar-refractivity contribution in [1.29, 1.82) is 0 Å². The summed E-state index contributed by atoms with van der Waals surface area (Å²) in [4.78, 5) is 2.74. The van der Waals surface area contributed by atoms with Crippen molar-refractivity contribution in [2.24, 2.45) is 0 Å². The molecule has 0 atom stereocenters. The molecule has 0 saturated heterocycles. The van der Waals surface area contributed by atoms with Crippen molar-refractivity contribution in [2.45, 2.75) is 35.5 Å². The van der Waals surface area contributed by atoms with Gasteiger partial charge in [0.15, 0.2) is 0 Å². The summed E-state index contributed by atoms with van der Waals surface area (Å²) in [6, 6.07) is 27.0. The lowest BCUT2D eigenvalue weighted by Gasteiger charge is -2.14. The average Bonchev–Trinajstić information content (AvgIpc) is 2.59. The molecular weight excluding hydrogens is 296 g/mol. The highest BCUT2D eigenvalue weighted by atomic mass is 32.2. The van der Waals surface area contributed by atoms with Gasteiger partial charge in [0, 0.05) is 9.79 Å². The van der Waals surface area contributed by atoms with E-state index in [1.807, 2.05) is 11.8 Å². The van der Waals surface area contributed by atoms with Crippen molar-refractivity contribution in [3.63, 3.8) is 0 Å². The Kier molecular flexibility index (Phi) is 4.21. The topological polar surface area (TPSA) is 0 Å². The highest BCUT2D eigenvalue weighted by molar-refractivity contribution is 7.99. The van der Waals surface area contributed by atoms with E-state index in [9.17, 15) is 0 Å². The van der Waals surface area contributed by atoms with Crippen LogP contribution in [0.2, 0.25) is 0 Å². The molecule has 0 unspecified atom stereocenters. The fourth-order valence-corrected chi connectivity index (χ4v) is 4.17. The molecule has 4 aliphatic carbocycles. The molecule has 4 bridgehead atoms. The minimum Gasteiger partial charge on any atom is -0.0898 e. The number of rotatable bonds is 2. The largest absolute Gasteiger partial charge is 0.0898 e. The average molecular weight is 316 g/mol. The van der Waals surface area contributed by atoms with Gasteiger partial charge in [0.1, 0.15) is 0 Å². The second-order valence-corrected chi connectivity index (χ2v) is 7.29. The van der Waals surface area contributed by atoms with Crippen LogP contribution in [0.15, 0.2) is 82.6 Å². The highest BCUT2D eigenvalue weighted by Gasteiger charge is 2.09. The standard InChI is InChI=1S/C22H20S/c1-2-4-21(5-3-1)23-22-16-19-11-10-17-6-8-18(9-7-17)12-14-20(22)15-13-19/h1-9,13,15-16H,10-12,14H2. The molecule has 0 radical (unpaired) electrons. The molecule has 0 heterocycles. The van der Waals surface area contributed by atoms with E-state index in [1.165, 1.54) is 32.0 Å². The minimum atomic E-state index is 1.11. The first-order valence-corrected chi connectivity index (χ1v) is 9.11. The van der Waals surface area contributed by atoms with Crippen LogP contribution in [-0.4, -0.2) is 0 Å². The predicted molar refractivity (Wildman–Crippen MR) is 98.3 cm³/mol. The zero-order valence-electron chi connectivity index (χ0n) is 13.2. The Morgan fingerprint density at radius 3 is 1.91 bits per heavy atom.